The molecule has 0 N–H and O–H groups in total. The molecule has 1 saturated heterocycles. The monoisotopic (exact) mass is 536 g/mol. The summed E-state index contributed by atoms with van der Waals surface area (Å²) in [4.78, 5) is 27.2. The first-order valence-corrected chi connectivity index (χ1v) is 12.2. The summed E-state index contributed by atoms with van der Waals surface area (Å²) >= 11 is 12.8. The molecule has 0 aromatic heterocycles. The lowest BCUT2D eigenvalue weighted by molar-refractivity contribution is -0.384. The van der Waals surface area contributed by atoms with Crippen molar-refractivity contribution < 1.29 is 14.5 Å². The zero-order valence-corrected chi connectivity index (χ0v) is 21.2. The second-order valence-electron chi connectivity index (χ2n) is 8.31. The van der Waals surface area contributed by atoms with E-state index in [1.54, 1.807) is 29.2 Å². The molecule has 4 rings (SSSR count). The van der Waals surface area contributed by atoms with Gasteiger partial charge in [-0.05, 0) is 53.6 Å². The number of ether oxygens (including phenoxy) is 1. The zero-order valence-electron chi connectivity index (χ0n) is 19.6. The van der Waals surface area contributed by atoms with Crippen LogP contribution < -0.4 is 9.64 Å². The number of carbonyl (C=O) groups is 1. The van der Waals surface area contributed by atoms with E-state index in [1.165, 1.54) is 18.2 Å². The molecule has 0 radical (unpaired) electrons. The van der Waals surface area contributed by atoms with Crippen molar-refractivity contribution in [1.82, 2.24) is 4.90 Å². The second kappa shape index (κ2) is 11.8. The van der Waals surface area contributed by atoms with Crippen LogP contribution in [0.4, 0.5) is 11.4 Å². The number of rotatable bonds is 7. The number of nitriles is 1. The van der Waals surface area contributed by atoms with Crippen LogP contribution in [-0.2, 0) is 11.4 Å². The maximum absolute atomic E-state index is 13.0. The maximum atomic E-state index is 13.0. The predicted octanol–water partition coefficient (Wildman–Crippen LogP) is 5.74. The van der Waals surface area contributed by atoms with Crippen molar-refractivity contribution in [2.45, 2.75) is 6.61 Å². The first-order valence-electron chi connectivity index (χ1n) is 11.4. The smallest absolute Gasteiger partial charge is 0.269 e. The molecule has 188 valence electrons. The molecule has 10 heteroatoms. The highest BCUT2D eigenvalue weighted by Crippen LogP contribution is 2.35. The van der Waals surface area contributed by atoms with Crippen LogP contribution in [0.15, 0.2) is 72.3 Å². The Hall–Kier alpha value is -4.06. The van der Waals surface area contributed by atoms with Crippen LogP contribution in [0.2, 0.25) is 10.0 Å². The van der Waals surface area contributed by atoms with Crippen LogP contribution in [0.5, 0.6) is 5.75 Å². The molecule has 37 heavy (non-hydrogen) atoms. The van der Waals surface area contributed by atoms with E-state index in [9.17, 15) is 20.2 Å². The van der Waals surface area contributed by atoms with E-state index in [2.05, 4.69) is 4.90 Å². The number of benzene rings is 3. The number of piperazine rings is 1. The van der Waals surface area contributed by atoms with Crippen molar-refractivity contribution in [3.63, 3.8) is 0 Å². The molecule has 3 aromatic carbocycles. The van der Waals surface area contributed by atoms with Crippen molar-refractivity contribution in [1.29, 1.82) is 5.26 Å². The Labute approximate surface area is 224 Å². The first kappa shape index (κ1) is 26.0. The topological polar surface area (TPSA) is 99.7 Å². The number of non-ortho nitro benzene ring substituents is 1. The lowest BCUT2D eigenvalue weighted by atomic mass is 10.1. The van der Waals surface area contributed by atoms with Crippen molar-refractivity contribution in [2.24, 2.45) is 0 Å². The van der Waals surface area contributed by atoms with Crippen LogP contribution in [0, 0.1) is 21.4 Å². The first-order chi connectivity index (χ1) is 17.9. The van der Waals surface area contributed by atoms with Crippen LogP contribution in [-0.4, -0.2) is 41.9 Å². The number of amides is 1. The van der Waals surface area contributed by atoms with E-state index in [0.717, 1.165) is 5.69 Å². The summed E-state index contributed by atoms with van der Waals surface area (Å²) in [6.45, 7) is 2.46. The average Bonchev–Trinajstić information content (AvgIpc) is 2.91. The van der Waals surface area contributed by atoms with Gasteiger partial charge in [-0.25, -0.2) is 0 Å². The molecule has 1 heterocycles. The molecule has 8 nitrogen and oxygen atoms in total. The molecular formula is C27H22Cl2N4O4. The molecule has 0 bridgehead atoms. The van der Waals surface area contributed by atoms with Crippen molar-refractivity contribution >= 4 is 46.6 Å². The van der Waals surface area contributed by atoms with Gasteiger partial charge in [-0.3, -0.25) is 14.9 Å². The Morgan fingerprint density at radius 3 is 2.22 bits per heavy atom. The summed E-state index contributed by atoms with van der Waals surface area (Å²) in [5.74, 6) is -0.110. The van der Waals surface area contributed by atoms with E-state index in [0.29, 0.717) is 37.3 Å². The number of nitro groups is 1. The number of nitro benzene ring substituents is 1. The number of nitrogens with zero attached hydrogens (tertiary/aromatic N) is 4. The molecule has 0 aliphatic carbocycles. The van der Waals surface area contributed by atoms with Crippen molar-refractivity contribution in [2.75, 3.05) is 31.1 Å². The summed E-state index contributed by atoms with van der Waals surface area (Å²) in [5, 5.41) is 20.9. The lowest BCUT2D eigenvalue weighted by Crippen LogP contribution is -2.49. The summed E-state index contributed by atoms with van der Waals surface area (Å²) in [5.41, 5.74) is 2.26. The fraction of sp³-hybridized carbons (Fsp3) is 0.185. The fourth-order valence-electron chi connectivity index (χ4n) is 3.96. The van der Waals surface area contributed by atoms with Gasteiger partial charge in [-0.15, -0.1) is 0 Å². The van der Waals surface area contributed by atoms with Gasteiger partial charge in [0.1, 0.15) is 18.2 Å². The Bertz CT molecular complexity index is 1340. The number of hydrogen-bond donors (Lipinski definition) is 0. The fourth-order valence-corrected chi connectivity index (χ4v) is 4.57. The van der Waals surface area contributed by atoms with Gasteiger partial charge in [0.15, 0.2) is 5.75 Å². The molecular weight excluding hydrogens is 515 g/mol. The SMILES string of the molecule is N#C/C(=C/c1cc(Cl)c(OCc2ccc([N+](=O)[O-])cc2)c(Cl)c1)C(=O)N1CCN(c2ccccc2)CC1. The third kappa shape index (κ3) is 6.39. The van der Waals surface area contributed by atoms with Crippen LogP contribution >= 0.6 is 23.2 Å². The molecule has 1 amide bonds. The standard InChI is InChI=1S/C27H22Cl2N4O4/c28-24-15-20(16-25(29)26(24)37-18-19-6-8-23(9-7-19)33(35)36)14-21(17-30)27(34)32-12-10-31(11-13-32)22-4-2-1-3-5-22/h1-9,14-16H,10-13,18H2/b21-14-. The summed E-state index contributed by atoms with van der Waals surface area (Å²) in [6, 6.07) is 21.1. The van der Waals surface area contributed by atoms with Crippen LogP contribution in [0.1, 0.15) is 11.1 Å². The Balaban J connectivity index is 1.42. The van der Waals surface area contributed by atoms with Gasteiger partial charge in [-0.1, -0.05) is 41.4 Å². The Morgan fingerprint density at radius 1 is 1.03 bits per heavy atom. The van der Waals surface area contributed by atoms with Crippen molar-refractivity contribution in [3.8, 4) is 11.8 Å². The summed E-state index contributed by atoms with van der Waals surface area (Å²) < 4.78 is 5.73. The molecule has 1 fully saturated rings. The van der Waals surface area contributed by atoms with E-state index in [-0.39, 0.29) is 39.6 Å². The third-order valence-electron chi connectivity index (χ3n) is 5.90. The van der Waals surface area contributed by atoms with Gasteiger partial charge in [0.2, 0.25) is 0 Å². The quantitative estimate of drug-likeness (QED) is 0.165. The minimum atomic E-state index is -0.477. The largest absolute Gasteiger partial charge is 0.486 e. The molecule has 1 aliphatic heterocycles. The maximum Gasteiger partial charge on any atom is 0.269 e. The molecule has 0 spiro atoms. The van der Waals surface area contributed by atoms with Gasteiger partial charge in [0.25, 0.3) is 11.6 Å². The summed E-state index contributed by atoms with van der Waals surface area (Å²) in [7, 11) is 0. The molecule has 1 aliphatic rings. The zero-order chi connectivity index (χ0) is 26.4. The van der Waals surface area contributed by atoms with Crippen LogP contribution in [0.25, 0.3) is 6.08 Å². The summed E-state index contributed by atoms with van der Waals surface area (Å²) in [6.07, 6.45) is 1.46. The number of carbonyl (C=O) groups excluding carboxylic acids is 1. The van der Waals surface area contributed by atoms with E-state index in [4.69, 9.17) is 27.9 Å². The van der Waals surface area contributed by atoms with Gasteiger partial charge < -0.3 is 14.5 Å². The van der Waals surface area contributed by atoms with E-state index < -0.39 is 4.92 Å². The van der Waals surface area contributed by atoms with Gasteiger partial charge in [-0.2, -0.15) is 5.26 Å². The number of anilines is 1. The number of hydrogen-bond acceptors (Lipinski definition) is 6. The van der Waals surface area contributed by atoms with E-state index in [1.807, 2.05) is 36.4 Å². The average molecular weight is 537 g/mol. The molecule has 0 saturated carbocycles. The third-order valence-corrected chi connectivity index (χ3v) is 6.46. The molecule has 3 aromatic rings. The predicted molar refractivity (Wildman–Crippen MR) is 143 cm³/mol. The minimum absolute atomic E-state index is 0.0140. The Kier molecular flexibility index (Phi) is 8.29. The van der Waals surface area contributed by atoms with Gasteiger partial charge in [0.05, 0.1) is 15.0 Å². The highest BCUT2D eigenvalue weighted by Gasteiger charge is 2.24. The molecule has 0 atom stereocenters. The highest BCUT2D eigenvalue weighted by atomic mass is 35.5. The molecule has 0 unspecified atom stereocenters. The number of halogens is 2. The van der Waals surface area contributed by atoms with Crippen LogP contribution in [0.3, 0.4) is 0 Å². The van der Waals surface area contributed by atoms with E-state index >= 15 is 0 Å². The van der Waals surface area contributed by atoms with Gasteiger partial charge in [0, 0.05) is 44.0 Å². The highest BCUT2D eigenvalue weighted by molar-refractivity contribution is 6.37. The second-order valence-corrected chi connectivity index (χ2v) is 9.12. The van der Waals surface area contributed by atoms with Gasteiger partial charge >= 0.3 is 0 Å². The van der Waals surface area contributed by atoms with Crippen molar-refractivity contribution in [3.05, 3.63) is 104 Å². The minimum Gasteiger partial charge on any atom is -0.486 e. The lowest BCUT2D eigenvalue weighted by Gasteiger charge is -2.36. The number of para-hydroxylation sites is 1. The Morgan fingerprint density at radius 2 is 1.65 bits per heavy atom. The normalized spacial score (nSPS) is 13.7.